The lowest BCUT2D eigenvalue weighted by atomic mass is 9.91. The summed E-state index contributed by atoms with van der Waals surface area (Å²) in [6, 6.07) is 6.90. The lowest BCUT2D eigenvalue weighted by Crippen LogP contribution is -2.58. The number of rotatable bonds is 12. The van der Waals surface area contributed by atoms with Gasteiger partial charge in [-0.25, -0.2) is 8.37 Å². The van der Waals surface area contributed by atoms with Crippen LogP contribution in [0.15, 0.2) is 24.3 Å². The van der Waals surface area contributed by atoms with E-state index in [0.29, 0.717) is 11.3 Å². The van der Waals surface area contributed by atoms with Gasteiger partial charge in [0, 0.05) is 0 Å². The molecule has 0 bridgehead atoms. The summed E-state index contributed by atoms with van der Waals surface area (Å²) in [4.78, 5) is 12.9. The van der Waals surface area contributed by atoms with Crippen molar-refractivity contribution >= 4 is 42.4 Å². The number of ether oxygens (including phenoxy) is 3. The first kappa shape index (κ1) is 38.8. The van der Waals surface area contributed by atoms with Crippen LogP contribution in [0.5, 0.6) is 5.75 Å². The van der Waals surface area contributed by atoms with Crippen molar-refractivity contribution in [2.75, 3.05) is 26.2 Å². The van der Waals surface area contributed by atoms with E-state index in [9.17, 15) is 21.6 Å². The third kappa shape index (κ3) is 14.9. The van der Waals surface area contributed by atoms with E-state index in [1.165, 1.54) is 7.11 Å². The molecule has 0 fully saturated rings. The van der Waals surface area contributed by atoms with Crippen molar-refractivity contribution in [1.29, 1.82) is 0 Å². The Balaban J connectivity index is 4.10. The van der Waals surface area contributed by atoms with Gasteiger partial charge in [0.2, 0.25) is 5.60 Å². The van der Waals surface area contributed by atoms with Crippen LogP contribution in [0, 0.1) is 28.3 Å². The van der Waals surface area contributed by atoms with Crippen LogP contribution in [0.3, 0.4) is 0 Å². The Morgan fingerprint density at radius 1 is 0.884 bits per heavy atom. The van der Waals surface area contributed by atoms with E-state index >= 15 is 0 Å². The molecule has 0 aliphatic rings. The van der Waals surface area contributed by atoms with E-state index in [0.717, 1.165) is 12.5 Å². The first-order valence-corrected chi connectivity index (χ1v) is 24.2. The topological polar surface area (TPSA) is 132 Å². The normalized spacial score (nSPS) is 15.5. The van der Waals surface area contributed by atoms with Gasteiger partial charge < -0.3 is 14.2 Å². The Kier molecular flexibility index (Phi) is 13.3. The van der Waals surface area contributed by atoms with Gasteiger partial charge in [-0.2, -0.15) is 16.8 Å². The molecular weight excluding hydrogens is 629 g/mol. The van der Waals surface area contributed by atoms with Crippen molar-refractivity contribution in [3.63, 3.8) is 0 Å². The average molecular weight is 675 g/mol. The maximum atomic E-state index is 12.9. The van der Waals surface area contributed by atoms with Crippen LogP contribution >= 0.6 is 0 Å². The molecule has 0 aliphatic carbocycles. The van der Waals surface area contributed by atoms with Crippen molar-refractivity contribution in [2.24, 2.45) is 5.41 Å². The van der Waals surface area contributed by atoms with Crippen LogP contribution < -0.4 is 4.74 Å². The van der Waals surface area contributed by atoms with Crippen molar-refractivity contribution in [2.45, 2.75) is 84.5 Å². The van der Waals surface area contributed by atoms with Crippen LogP contribution in [0.1, 0.15) is 26.3 Å². The number of hydrogen-bond donors (Lipinski definition) is 0. The predicted octanol–water partition coefficient (Wildman–Crippen LogP) is 3.99. The fourth-order valence-corrected chi connectivity index (χ4v) is 5.62. The van der Waals surface area contributed by atoms with Gasteiger partial charge in [0.1, 0.15) is 34.6 Å². The highest BCUT2D eigenvalue weighted by Crippen LogP contribution is 2.31. The zero-order chi connectivity index (χ0) is 33.5. The first-order valence-electron chi connectivity index (χ1n) is 13.5. The molecule has 1 unspecified atom stereocenters. The molecule has 10 nitrogen and oxygen atoms in total. The van der Waals surface area contributed by atoms with Crippen molar-refractivity contribution < 1.29 is 44.2 Å². The molecule has 1 rings (SSSR count). The van der Waals surface area contributed by atoms with Crippen molar-refractivity contribution in [1.82, 2.24) is 0 Å². The van der Waals surface area contributed by atoms with Crippen LogP contribution in [0.2, 0.25) is 39.3 Å². The molecule has 0 radical (unpaired) electrons. The second-order valence-corrected chi connectivity index (χ2v) is 26.0. The SMILES string of the molecule is COc1ccc(COC(COC(=O)C(C)(C)C)[C@@](C#C[Si](C)(C)C)(OS(C)(=O)=O)[C@@H](C#C[Si](C)(C)C)OS(C)(=O)=O)cc1. The summed E-state index contributed by atoms with van der Waals surface area (Å²) in [6.07, 6.45) is -1.60. The van der Waals surface area contributed by atoms with Gasteiger partial charge in [-0.1, -0.05) is 63.3 Å². The number of carbonyl (C=O) groups excluding carboxylic acids is 1. The highest BCUT2D eigenvalue weighted by molar-refractivity contribution is 7.86. The molecule has 14 heteroatoms. The maximum absolute atomic E-state index is 12.9. The molecule has 0 aromatic heterocycles. The molecule has 0 aliphatic heterocycles. The van der Waals surface area contributed by atoms with E-state index in [4.69, 9.17) is 22.6 Å². The smallest absolute Gasteiger partial charge is 0.311 e. The molecular formula is C29H46O10S2Si2. The molecule has 1 aromatic carbocycles. The van der Waals surface area contributed by atoms with E-state index in [1.54, 1.807) is 45.0 Å². The largest absolute Gasteiger partial charge is 0.497 e. The Labute approximate surface area is 260 Å². The van der Waals surface area contributed by atoms with Gasteiger partial charge >= 0.3 is 5.97 Å². The van der Waals surface area contributed by atoms with Crippen LogP contribution in [0.4, 0.5) is 0 Å². The number of benzene rings is 1. The van der Waals surface area contributed by atoms with Gasteiger partial charge in [-0.3, -0.25) is 4.79 Å². The second-order valence-electron chi connectivity index (χ2n) is 13.3. The summed E-state index contributed by atoms with van der Waals surface area (Å²) in [5, 5.41) is 0. The molecule has 0 N–H and O–H groups in total. The molecule has 43 heavy (non-hydrogen) atoms. The third-order valence-corrected chi connectivity index (χ3v) is 8.12. The molecule has 0 amide bonds. The van der Waals surface area contributed by atoms with Gasteiger partial charge in [0.15, 0.2) is 6.10 Å². The molecule has 0 spiro atoms. The van der Waals surface area contributed by atoms with Gasteiger partial charge in [0.25, 0.3) is 20.2 Å². The third-order valence-electron chi connectivity index (χ3n) is 5.23. The molecule has 0 heterocycles. The summed E-state index contributed by atoms with van der Waals surface area (Å²) < 4.78 is 79.2. The Hall–Kier alpha value is -2.18. The summed E-state index contributed by atoms with van der Waals surface area (Å²) in [6.45, 7) is 15.8. The van der Waals surface area contributed by atoms with E-state index < -0.39 is 72.2 Å². The van der Waals surface area contributed by atoms with E-state index in [2.05, 4.69) is 22.9 Å². The highest BCUT2D eigenvalue weighted by atomic mass is 32.2. The van der Waals surface area contributed by atoms with Crippen molar-refractivity contribution in [3.8, 4) is 28.7 Å². The minimum atomic E-state index is -4.36. The summed E-state index contributed by atoms with van der Waals surface area (Å²) in [5.41, 5.74) is 3.54. The van der Waals surface area contributed by atoms with Crippen LogP contribution in [0.25, 0.3) is 0 Å². The first-order chi connectivity index (χ1) is 19.3. The second kappa shape index (κ2) is 14.7. The molecule has 3 atom stereocenters. The number of esters is 1. The maximum Gasteiger partial charge on any atom is 0.311 e. The number of methoxy groups -OCH3 is 1. The fraction of sp³-hybridized carbons (Fsp3) is 0.621. The summed E-state index contributed by atoms with van der Waals surface area (Å²) in [7, 11) is -11.5. The minimum absolute atomic E-state index is 0.113. The number of carbonyl (C=O) groups is 1. The standard InChI is InChI=1S/C29H46O10S2Si2/c1-28(2,3)27(30)37-22-26(36-21-23-13-15-24(35-4)16-14-23)29(39-41(6,33)34,18-20-43(10,11)12)25(38-40(5,31)32)17-19-42(7,8)9/h13-16,25-26H,21-22H2,1-12H3/t25-,26?,29+/m1/s1. The Bertz CT molecular complexity index is 1450. The highest BCUT2D eigenvalue weighted by Gasteiger charge is 2.52. The van der Waals surface area contributed by atoms with Crippen LogP contribution in [-0.4, -0.2) is 83.0 Å². The van der Waals surface area contributed by atoms with E-state index in [-0.39, 0.29) is 6.61 Å². The fourth-order valence-electron chi connectivity index (χ4n) is 3.21. The zero-order valence-corrected chi connectivity index (χ0v) is 30.9. The van der Waals surface area contributed by atoms with Gasteiger partial charge in [-0.05, 0) is 38.5 Å². The summed E-state index contributed by atoms with van der Waals surface area (Å²) in [5.74, 6) is 5.73. The Morgan fingerprint density at radius 3 is 1.84 bits per heavy atom. The van der Waals surface area contributed by atoms with E-state index in [1.807, 2.05) is 39.3 Å². The summed E-state index contributed by atoms with van der Waals surface area (Å²) >= 11 is 0. The number of hydrogen-bond acceptors (Lipinski definition) is 10. The zero-order valence-electron chi connectivity index (χ0n) is 27.3. The molecule has 0 saturated carbocycles. The van der Waals surface area contributed by atoms with Crippen LogP contribution in [-0.2, 0) is 49.5 Å². The average Bonchev–Trinajstić information content (AvgIpc) is 2.81. The predicted molar refractivity (Wildman–Crippen MR) is 173 cm³/mol. The molecule has 1 aromatic rings. The molecule has 242 valence electrons. The lowest BCUT2D eigenvalue weighted by molar-refractivity contribution is -0.167. The molecule has 0 saturated heterocycles. The monoisotopic (exact) mass is 674 g/mol. The van der Waals surface area contributed by atoms with Gasteiger partial charge in [0.05, 0.1) is 31.6 Å². The van der Waals surface area contributed by atoms with Gasteiger partial charge in [-0.15, -0.1) is 11.1 Å². The van der Waals surface area contributed by atoms with Crippen molar-refractivity contribution in [3.05, 3.63) is 29.8 Å². The minimum Gasteiger partial charge on any atom is -0.497 e. The Morgan fingerprint density at radius 2 is 1.42 bits per heavy atom. The lowest BCUT2D eigenvalue weighted by Gasteiger charge is -2.38. The quantitative estimate of drug-likeness (QED) is 0.139.